The minimum atomic E-state index is -1.05. The average Bonchev–Trinajstić information content (AvgIpc) is 3.31. The fourth-order valence-corrected chi connectivity index (χ4v) is 4.02. The van der Waals surface area contributed by atoms with Crippen molar-refractivity contribution in [1.82, 2.24) is 0 Å². The summed E-state index contributed by atoms with van der Waals surface area (Å²) in [5.74, 6) is -2.41. The highest BCUT2D eigenvalue weighted by molar-refractivity contribution is 7.12. The first kappa shape index (κ1) is 18.1. The van der Waals surface area contributed by atoms with Crippen LogP contribution in [0.2, 0.25) is 0 Å². The second kappa shape index (κ2) is 7.05. The summed E-state index contributed by atoms with van der Waals surface area (Å²) >= 11 is 1.20. The molecular weight excluding hydrogens is 377 g/mol. The standard InChI is InChI=1S/C22H16FNO3S/c1-13-8-10-14(11-9-13)24-19(15-5-2-3-6-16(15)23)18(21(26)22(24)27)20(25)17-7-4-12-28-17/h2-12,19,26H,1H3. The van der Waals surface area contributed by atoms with E-state index in [4.69, 9.17) is 0 Å². The first-order chi connectivity index (χ1) is 13.5. The third-order valence-electron chi connectivity index (χ3n) is 4.71. The molecule has 1 aliphatic heterocycles. The maximum Gasteiger partial charge on any atom is 0.294 e. The SMILES string of the molecule is Cc1ccc(N2C(=O)C(O)=C(C(=O)c3cccs3)C2c2ccccc2F)cc1. The van der Waals surface area contributed by atoms with Gasteiger partial charge in [0.15, 0.2) is 5.76 Å². The number of halogens is 1. The molecule has 1 N–H and O–H groups in total. The summed E-state index contributed by atoms with van der Waals surface area (Å²) in [5, 5.41) is 12.3. The van der Waals surface area contributed by atoms with Crippen molar-refractivity contribution in [2.75, 3.05) is 4.90 Å². The molecule has 1 amide bonds. The molecule has 1 unspecified atom stereocenters. The lowest BCUT2D eigenvalue weighted by Gasteiger charge is -2.27. The van der Waals surface area contributed by atoms with Crippen molar-refractivity contribution in [2.45, 2.75) is 13.0 Å². The molecule has 4 rings (SSSR count). The molecule has 1 atom stereocenters. The van der Waals surface area contributed by atoms with Gasteiger partial charge in [-0.15, -0.1) is 11.3 Å². The summed E-state index contributed by atoms with van der Waals surface area (Å²) in [6.45, 7) is 1.91. The molecule has 140 valence electrons. The minimum absolute atomic E-state index is 0.113. The van der Waals surface area contributed by atoms with Crippen LogP contribution in [0.5, 0.6) is 0 Å². The molecule has 0 aliphatic carbocycles. The molecule has 3 aromatic rings. The highest BCUT2D eigenvalue weighted by Gasteiger charge is 2.45. The van der Waals surface area contributed by atoms with Gasteiger partial charge in [-0.1, -0.05) is 42.0 Å². The number of carbonyl (C=O) groups excluding carboxylic acids is 2. The Morgan fingerprint density at radius 1 is 1.07 bits per heavy atom. The zero-order chi connectivity index (χ0) is 19.8. The molecule has 0 radical (unpaired) electrons. The Kier molecular flexibility index (Phi) is 4.57. The maximum atomic E-state index is 14.7. The number of anilines is 1. The first-order valence-electron chi connectivity index (χ1n) is 8.65. The number of aliphatic hydroxyl groups is 1. The molecule has 4 nitrogen and oxygen atoms in total. The Morgan fingerprint density at radius 2 is 1.79 bits per heavy atom. The largest absolute Gasteiger partial charge is 0.503 e. The lowest BCUT2D eigenvalue weighted by atomic mass is 9.94. The normalized spacial score (nSPS) is 16.7. The number of benzene rings is 2. The van der Waals surface area contributed by atoms with Crippen LogP contribution in [0.4, 0.5) is 10.1 Å². The van der Waals surface area contributed by atoms with E-state index in [0.717, 1.165) is 5.56 Å². The molecule has 28 heavy (non-hydrogen) atoms. The maximum absolute atomic E-state index is 14.7. The monoisotopic (exact) mass is 393 g/mol. The summed E-state index contributed by atoms with van der Waals surface area (Å²) in [4.78, 5) is 27.6. The molecule has 2 aromatic carbocycles. The summed E-state index contributed by atoms with van der Waals surface area (Å²) in [7, 11) is 0. The van der Waals surface area contributed by atoms with Gasteiger partial charge in [-0.05, 0) is 36.6 Å². The van der Waals surface area contributed by atoms with E-state index >= 15 is 0 Å². The molecule has 0 saturated heterocycles. The van der Waals surface area contributed by atoms with E-state index in [1.54, 1.807) is 35.7 Å². The molecule has 1 aromatic heterocycles. The number of rotatable bonds is 4. The Hall–Kier alpha value is -3.25. The van der Waals surface area contributed by atoms with E-state index in [-0.39, 0.29) is 11.1 Å². The van der Waals surface area contributed by atoms with Crippen LogP contribution >= 0.6 is 11.3 Å². The van der Waals surface area contributed by atoms with E-state index in [2.05, 4.69) is 0 Å². The average molecular weight is 393 g/mol. The Morgan fingerprint density at radius 3 is 2.43 bits per heavy atom. The predicted octanol–water partition coefficient (Wildman–Crippen LogP) is 4.98. The van der Waals surface area contributed by atoms with Crippen molar-refractivity contribution in [3.63, 3.8) is 0 Å². The lowest BCUT2D eigenvalue weighted by molar-refractivity contribution is -0.117. The second-order valence-electron chi connectivity index (χ2n) is 6.50. The number of aryl methyl sites for hydroxylation is 1. The quantitative estimate of drug-likeness (QED) is 0.636. The molecule has 0 spiro atoms. The van der Waals surface area contributed by atoms with Crippen LogP contribution in [0.3, 0.4) is 0 Å². The molecular formula is C22H16FNO3S. The van der Waals surface area contributed by atoms with Crippen LogP contribution in [-0.2, 0) is 4.79 Å². The van der Waals surface area contributed by atoms with Gasteiger partial charge < -0.3 is 5.11 Å². The number of thiophene rings is 1. The van der Waals surface area contributed by atoms with Gasteiger partial charge in [-0.2, -0.15) is 0 Å². The van der Waals surface area contributed by atoms with Gasteiger partial charge in [-0.25, -0.2) is 4.39 Å². The van der Waals surface area contributed by atoms with Gasteiger partial charge in [0, 0.05) is 11.3 Å². The van der Waals surface area contributed by atoms with Crippen molar-refractivity contribution in [3.8, 4) is 0 Å². The van der Waals surface area contributed by atoms with E-state index in [1.807, 2.05) is 19.1 Å². The number of ketones is 1. The minimum Gasteiger partial charge on any atom is -0.503 e. The third-order valence-corrected chi connectivity index (χ3v) is 5.58. The third kappa shape index (κ3) is 2.92. The topological polar surface area (TPSA) is 57.6 Å². The number of amides is 1. The van der Waals surface area contributed by atoms with Crippen LogP contribution in [0, 0.1) is 12.7 Å². The van der Waals surface area contributed by atoms with Crippen LogP contribution < -0.4 is 4.90 Å². The highest BCUT2D eigenvalue weighted by atomic mass is 32.1. The van der Waals surface area contributed by atoms with E-state index < -0.39 is 29.3 Å². The van der Waals surface area contributed by atoms with Crippen molar-refractivity contribution in [1.29, 1.82) is 0 Å². The van der Waals surface area contributed by atoms with Gasteiger partial charge >= 0.3 is 0 Å². The second-order valence-corrected chi connectivity index (χ2v) is 7.45. The van der Waals surface area contributed by atoms with E-state index in [1.165, 1.54) is 34.4 Å². The predicted molar refractivity (Wildman–Crippen MR) is 106 cm³/mol. The van der Waals surface area contributed by atoms with Crippen LogP contribution in [0.25, 0.3) is 0 Å². The number of Topliss-reactive ketones (excluding diaryl/α,β-unsaturated/α-hetero) is 1. The Bertz CT molecular complexity index is 1090. The smallest absolute Gasteiger partial charge is 0.294 e. The summed E-state index contributed by atoms with van der Waals surface area (Å²) in [5.41, 5.74) is 1.51. The first-order valence-corrected chi connectivity index (χ1v) is 9.53. The summed E-state index contributed by atoms with van der Waals surface area (Å²) in [6, 6.07) is 15.3. The van der Waals surface area contributed by atoms with E-state index in [0.29, 0.717) is 10.6 Å². The highest BCUT2D eigenvalue weighted by Crippen LogP contribution is 2.43. The van der Waals surface area contributed by atoms with Crippen molar-refractivity contribution in [3.05, 3.63) is 99.2 Å². The number of carbonyl (C=O) groups is 2. The fourth-order valence-electron chi connectivity index (χ4n) is 3.34. The molecule has 0 bridgehead atoms. The molecule has 2 heterocycles. The fraction of sp³-hybridized carbons (Fsp3) is 0.0909. The lowest BCUT2D eigenvalue weighted by Crippen LogP contribution is -2.31. The molecule has 1 aliphatic rings. The zero-order valence-electron chi connectivity index (χ0n) is 14.9. The van der Waals surface area contributed by atoms with Gasteiger partial charge in [-0.3, -0.25) is 14.5 Å². The van der Waals surface area contributed by atoms with E-state index in [9.17, 15) is 19.1 Å². The van der Waals surface area contributed by atoms with Crippen molar-refractivity contribution >= 4 is 28.7 Å². The zero-order valence-corrected chi connectivity index (χ0v) is 15.7. The van der Waals surface area contributed by atoms with Gasteiger partial charge in [0.2, 0.25) is 5.78 Å². The van der Waals surface area contributed by atoms with Crippen molar-refractivity contribution < 1.29 is 19.1 Å². The summed E-state index contributed by atoms with van der Waals surface area (Å²) in [6.07, 6.45) is 0. The van der Waals surface area contributed by atoms with Crippen LogP contribution in [0.15, 0.2) is 77.4 Å². The Labute approximate surface area is 165 Å². The molecule has 6 heteroatoms. The molecule has 0 saturated carbocycles. The number of nitrogens with zero attached hydrogens (tertiary/aromatic N) is 1. The van der Waals surface area contributed by atoms with Gasteiger partial charge in [0.05, 0.1) is 16.5 Å². The Balaban J connectivity index is 1.91. The molecule has 0 fully saturated rings. The van der Waals surface area contributed by atoms with Gasteiger partial charge in [0.1, 0.15) is 5.82 Å². The van der Waals surface area contributed by atoms with Crippen LogP contribution in [0.1, 0.15) is 26.8 Å². The number of aliphatic hydroxyl groups excluding tert-OH is 1. The number of hydrogen-bond acceptors (Lipinski definition) is 4. The van der Waals surface area contributed by atoms with Gasteiger partial charge in [0.25, 0.3) is 5.91 Å². The van der Waals surface area contributed by atoms with Crippen molar-refractivity contribution in [2.24, 2.45) is 0 Å². The number of hydrogen-bond donors (Lipinski definition) is 1. The summed E-state index contributed by atoms with van der Waals surface area (Å²) < 4.78 is 14.7. The van der Waals surface area contributed by atoms with Crippen LogP contribution in [-0.4, -0.2) is 16.8 Å².